The molecule has 2 nitrogen and oxygen atoms in total. The SMILES string of the molecule is Fc1ccc(C2=CCCC2Cc2c[nH]c(=S)[nH]2)cc1F. The zero-order chi connectivity index (χ0) is 14.1. The van der Waals surface area contributed by atoms with Crippen molar-refractivity contribution in [1.82, 2.24) is 9.97 Å². The average molecular weight is 292 g/mol. The second-order valence-electron chi connectivity index (χ2n) is 5.03. The van der Waals surface area contributed by atoms with Crippen molar-refractivity contribution in [3.8, 4) is 0 Å². The molecule has 1 aliphatic rings. The number of nitrogens with one attached hydrogen (secondary N) is 2. The maximum atomic E-state index is 13.4. The number of aromatic nitrogens is 2. The molecule has 1 unspecified atom stereocenters. The van der Waals surface area contributed by atoms with Crippen LogP contribution >= 0.6 is 12.2 Å². The van der Waals surface area contributed by atoms with E-state index in [2.05, 4.69) is 16.0 Å². The lowest BCUT2D eigenvalue weighted by Gasteiger charge is -2.14. The van der Waals surface area contributed by atoms with Crippen LogP contribution in [0.4, 0.5) is 8.78 Å². The van der Waals surface area contributed by atoms with E-state index < -0.39 is 11.6 Å². The first-order valence-corrected chi connectivity index (χ1v) is 6.96. The minimum Gasteiger partial charge on any atom is -0.337 e. The fourth-order valence-corrected chi connectivity index (χ4v) is 2.94. The molecule has 104 valence electrons. The van der Waals surface area contributed by atoms with Gasteiger partial charge in [0.25, 0.3) is 0 Å². The van der Waals surface area contributed by atoms with Crippen LogP contribution in [0.1, 0.15) is 24.1 Å². The summed E-state index contributed by atoms with van der Waals surface area (Å²) in [5.74, 6) is -1.30. The summed E-state index contributed by atoms with van der Waals surface area (Å²) in [7, 11) is 0. The molecule has 1 aromatic carbocycles. The lowest BCUT2D eigenvalue weighted by molar-refractivity contribution is 0.508. The third-order valence-electron chi connectivity index (χ3n) is 3.69. The molecule has 1 aromatic heterocycles. The highest BCUT2D eigenvalue weighted by atomic mass is 32.1. The van der Waals surface area contributed by atoms with Gasteiger partial charge in [-0.25, -0.2) is 8.78 Å². The van der Waals surface area contributed by atoms with E-state index in [1.165, 1.54) is 12.1 Å². The smallest absolute Gasteiger partial charge is 0.174 e. The van der Waals surface area contributed by atoms with Crippen LogP contribution in [0.2, 0.25) is 0 Å². The van der Waals surface area contributed by atoms with Gasteiger partial charge in [0.2, 0.25) is 0 Å². The second-order valence-corrected chi connectivity index (χ2v) is 5.44. The van der Waals surface area contributed by atoms with Crippen LogP contribution < -0.4 is 0 Å². The van der Waals surface area contributed by atoms with Crippen LogP contribution in [0.25, 0.3) is 5.57 Å². The molecule has 2 aromatic rings. The molecular weight excluding hydrogens is 278 g/mol. The van der Waals surface area contributed by atoms with Crippen molar-refractivity contribution in [3.05, 3.63) is 58.1 Å². The molecule has 0 aliphatic heterocycles. The molecule has 3 rings (SSSR count). The summed E-state index contributed by atoms with van der Waals surface area (Å²) in [5.41, 5.74) is 2.89. The fraction of sp³-hybridized carbons (Fsp3) is 0.267. The van der Waals surface area contributed by atoms with Crippen molar-refractivity contribution in [3.63, 3.8) is 0 Å². The van der Waals surface area contributed by atoms with Crippen molar-refractivity contribution in [2.24, 2.45) is 5.92 Å². The Bertz CT molecular complexity index is 715. The van der Waals surface area contributed by atoms with Crippen molar-refractivity contribution >= 4 is 17.8 Å². The number of aromatic amines is 2. The Kier molecular flexibility index (Phi) is 3.53. The highest BCUT2D eigenvalue weighted by Gasteiger charge is 2.22. The van der Waals surface area contributed by atoms with Crippen LogP contribution in [0.15, 0.2) is 30.5 Å². The second kappa shape index (κ2) is 5.32. The van der Waals surface area contributed by atoms with E-state index >= 15 is 0 Å². The van der Waals surface area contributed by atoms with Gasteiger partial charge in [0.1, 0.15) is 0 Å². The van der Waals surface area contributed by atoms with Gasteiger partial charge in [-0.3, -0.25) is 0 Å². The summed E-state index contributed by atoms with van der Waals surface area (Å²) in [6.07, 6.45) is 6.77. The van der Waals surface area contributed by atoms with Gasteiger partial charge >= 0.3 is 0 Å². The molecule has 1 atom stereocenters. The summed E-state index contributed by atoms with van der Waals surface area (Å²) in [5, 5.41) is 0. The van der Waals surface area contributed by atoms with Gasteiger partial charge in [-0.15, -0.1) is 0 Å². The molecule has 20 heavy (non-hydrogen) atoms. The third kappa shape index (κ3) is 2.58. The number of H-pyrrole nitrogens is 2. The number of allylic oxidation sites excluding steroid dienone is 2. The van der Waals surface area contributed by atoms with Crippen LogP contribution in [0, 0.1) is 22.3 Å². The highest BCUT2D eigenvalue weighted by Crippen LogP contribution is 2.36. The number of benzene rings is 1. The van der Waals surface area contributed by atoms with Crippen LogP contribution in [-0.4, -0.2) is 9.97 Å². The molecule has 0 amide bonds. The summed E-state index contributed by atoms with van der Waals surface area (Å²) in [4.78, 5) is 6.04. The van der Waals surface area contributed by atoms with Gasteiger partial charge in [-0.1, -0.05) is 12.1 Å². The molecule has 5 heteroatoms. The van der Waals surface area contributed by atoms with Crippen LogP contribution in [0.5, 0.6) is 0 Å². The number of hydrogen-bond donors (Lipinski definition) is 2. The van der Waals surface area contributed by atoms with E-state index in [0.717, 1.165) is 36.1 Å². The zero-order valence-corrected chi connectivity index (χ0v) is 11.6. The number of halogens is 2. The number of hydrogen-bond acceptors (Lipinski definition) is 1. The predicted molar refractivity (Wildman–Crippen MR) is 76.7 cm³/mol. The van der Waals surface area contributed by atoms with Gasteiger partial charge in [0, 0.05) is 11.9 Å². The molecule has 1 aliphatic carbocycles. The summed E-state index contributed by atoms with van der Waals surface area (Å²) >= 11 is 5.01. The molecule has 0 saturated heterocycles. The summed E-state index contributed by atoms with van der Waals surface area (Å²) in [6, 6.07) is 4.10. The van der Waals surface area contributed by atoms with E-state index in [-0.39, 0.29) is 0 Å². The first kappa shape index (κ1) is 13.2. The largest absolute Gasteiger partial charge is 0.337 e. The molecular formula is C15H14F2N2S. The molecule has 0 spiro atoms. The van der Waals surface area contributed by atoms with Gasteiger partial charge in [0.05, 0.1) is 0 Å². The highest BCUT2D eigenvalue weighted by molar-refractivity contribution is 7.71. The third-order valence-corrected chi connectivity index (χ3v) is 3.91. The van der Waals surface area contributed by atoms with Gasteiger partial charge < -0.3 is 9.97 Å². The maximum absolute atomic E-state index is 13.4. The number of imidazole rings is 1. The Morgan fingerprint density at radius 2 is 2.10 bits per heavy atom. The normalized spacial score (nSPS) is 18.3. The minimum absolute atomic E-state index is 0.307. The molecule has 0 bridgehead atoms. The van der Waals surface area contributed by atoms with Crippen molar-refractivity contribution in [1.29, 1.82) is 0 Å². The Hall–Kier alpha value is -1.75. The van der Waals surface area contributed by atoms with E-state index in [0.29, 0.717) is 10.7 Å². The lowest BCUT2D eigenvalue weighted by atomic mass is 9.91. The quantitative estimate of drug-likeness (QED) is 0.808. The monoisotopic (exact) mass is 292 g/mol. The van der Waals surface area contributed by atoms with E-state index in [1.807, 2.05) is 6.20 Å². The fourth-order valence-electron chi connectivity index (χ4n) is 2.75. The van der Waals surface area contributed by atoms with Gasteiger partial charge in [-0.05, 0) is 60.7 Å². The van der Waals surface area contributed by atoms with Gasteiger partial charge in [-0.2, -0.15) is 0 Å². The lowest BCUT2D eigenvalue weighted by Crippen LogP contribution is -2.04. The van der Waals surface area contributed by atoms with Gasteiger partial charge in [0.15, 0.2) is 16.4 Å². The van der Waals surface area contributed by atoms with Crippen LogP contribution in [0.3, 0.4) is 0 Å². The topological polar surface area (TPSA) is 31.6 Å². The maximum Gasteiger partial charge on any atom is 0.174 e. The Morgan fingerprint density at radius 3 is 2.80 bits per heavy atom. The van der Waals surface area contributed by atoms with E-state index in [4.69, 9.17) is 12.2 Å². The van der Waals surface area contributed by atoms with E-state index in [1.54, 1.807) is 6.07 Å². The van der Waals surface area contributed by atoms with Crippen molar-refractivity contribution in [2.75, 3.05) is 0 Å². The first-order valence-electron chi connectivity index (χ1n) is 6.55. The zero-order valence-electron chi connectivity index (χ0n) is 10.7. The summed E-state index contributed by atoms with van der Waals surface area (Å²) < 4.78 is 27.0. The minimum atomic E-state index is -0.807. The molecule has 2 N–H and O–H groups in total. The molecule has 1 heterocycles. The standard InChI is InChI=1S/C15H14F2N2S/c16-13-5-4-10(7-14(13)17)12-3-1-2-9(12)6-11-8-18-15(20)19-11/h3-5,7-9H,1-2,6H2,(H2,18,19,20). The number of rotatable bonds is 3. The Balaban J connectivity index is 1.84. The Labute approximate surface area is 120 Å². The summed E-state index contributed by atoms with van der Waals surface area (Å²) in [6.45, 7) is 0. The first-order chi connectivity index (χ1) is 9.63. The van der Waals surface area contributed by atoms with Crippen molar-refractivity contribution < 1.29 is 8.78 Å². The van der Waals surface area contributed by atoms with E-state index in [9.17, 15) is 8.78 Å². The average Bonchev–Trinajstić information content (AvgIpc) is 3.03. The predicted octanol–water partition coefficient (Wildman–Crippen LogP) is 4.39. The molecule has 0 radical (unpaired) electrons. The van der Waals surface area contributed by atoms with Crippen molar-refractivity contribution in [2.45, 2.75) is 19.3 Å². The molecule has 0 saturated carbocycles. The molecule has 0 fully saturated rings. The Morgan fingerprint density at radius 1 is 1.25 bits per heavy atom. The van der Waals surface area contributed by atoms with Crippen LogP contribution in [-0.2, 0) is 6.42 Å².